The summed E-state index contributed by atoms with van der Waals surface area (Å²) in [5.41, 5.74) is 2.28. The number of carbonyl (C=O) groups excluding carboxylic acids is 1. The summed E-state index contributed by atoms with van der Waals surface area (Å²) in [7, 11) is 0. The Kier molecular flexibility index (Phi) is 5.97. The van der Waals surface area contributed by atoms with Crippen molar-refractivity contribution in [3.8, 4) is 11.6 Å². The van der Waals surface area contributed by atoms with Gasteiger partial charge in [-0.3, -0.25) is 14.2 Å². The summed E-state index contributed by atoms with van der Waals surface area (Å²) < 4.78 is 33.8. The summed E-state index contributed by atoms with van der Waals surface area (Å²) >= 11 is 6.23. The molecule has 0 fully saturated rings. The quantitative estimate of drug-likeness (QED) is 0.592. The second kappa shape index (κ2) is 8.70. The Labute approximate surface area is 188 Å². The van der Waals surface area contributed by atoms with Gasteiger partial charge in [0, 0.05) is 31.6 Å². The van der Waals surface area contributed by atoms with Crippen LogP contribution in [0.5, 0.6) is 5.88 Å². The lowest BCUT2D eigenvalue weighted by Crippen LogP contribution is -2.34. The summed E-state index contributed by atoms with van der Waals surface area (Å²) in [6, 6.07) is 8.69. The van der Waals surface area contributed by atoms with E-state index in [1.807, 2.05) is 12.1 Å². The molecule has 0 saturated carbocycles. The van der Waals surface area contributed by atoms with Crippen LogP contribution in [0.4, 0.5) is 8.78 Å². The summed E-state index contributed by atoms with van der Waals surface area (Å²) in [6.07, 6.45) is 0.683. The maximum atomic E-state index is 13.8. The first-order valence-corrected chi connectivity index (χ1v) is 10.4. The summed E-state index contributed by atoms with van der Waals surface area (Å²) in [6.45, 7) is 4.08. The summed E-state index contributed by atoms with van der Waals surface area (Å²) in [5.74, 6) is -1.21. The maximum Gasteiger partial charge on any atom is 0.280 e. The first-order valence-electron chi connectivity index (χ1n) is 9.98. The Hall–Kier alpha value is -3.26. The SMILES string of the molecule is CC(=O)N1CCc2cc(-n3c(C)nc(OCc4ccc(F)cc4F)c(Cl)c3=O)ccc2C1. The lowest BCUT2D eigenvalue weighted by Gasteiger charge is -2.28. The van der Waals surface area contributed by atoms with Crippen molar-refractivity contribution in [2.45, 2.75) is 33.4 Å². The Bertz CT molecular complexity index is 1280. The molecule has 0 bridgehead atoms. The van der Waals surface area contributed by atoms with Gasteiger partial charge in [-0.25, -0.2) is 8.78 Å². The maximum absolute atomic E-state index is 13.8. The lowest BCUT2D eigenvalue weighted by atomic mass is 9.99. The van der Waals surface area contributed by atoms with Crippen LogP contribution in [0.1, 0.15) is 29.4 Å². The first-order chi connectivity index (χ1) is 15.2. The number of aromatic nitrogens is 2. The molecular formula is C23H20ClF2N3O3. The van der Waals surface area contributed by atoms with E-state index in [0.717, 1.165) is 23.3 Å². The number of rotatable bonds is 4. The molecule has 1 aliphatic rings. The molecule has 0 unspecified atom stereocenters. The van der Waals surface area contributed by atoms with Gasteiger partial charge >= 0.3 is 0 Å². The second-order valence-corrected chi connectivity index (χ2v) is 7.96. The molecular weight excluding hydrogens is 440 g/mol. The molecule has 0 radical (unpaired) electrons. The molecule has 0 atom stereocenters. The molecule has 166 valence electrons. The van der Waals surface area contributed by atoms with Crippen molar-refractivity contribution in [1.29, 1.82) is 0 Å². The molecule has 2 heterocycles. The lowest BCUT2D eigenvalue weighted by molar-refractivity contribution is -0.129. The average Bonchev–Trinajstić information content (AvgIpc) is 2.75. The minimum absolute atomic E-state index is 0.0267. The number of nitrogens with zero attached hydrogens (tertiary/aromatic N) is 3. The number of hydrogen-bond acceptors (Lipinski definition) is 4. The number of hydrogen-bond donors (Lipinski definition) is 0. The fourth-order valence-electron chi connectivity index (χ4n) is 3.71. The summed E-state index contributed by atoms with van der Waals surface area (Å²) in [4.78, 5) is 30.7. The molecule has 2 aromatic carbocycles. The van der Waals surface area contributed by atoms with Crippen molar-refractivity contribution in [2.75, 3.05) is 6.54 Å². The number of carbonyl (C=O) groups is 1. The van der Waals surface area contributed by atoms with Crippen LogP contribution < -0.4 is 10.3 Å². The van der Waals surface area contributed by atoms with Gasteiger partial charge in [-0.2, -0.15) is 4.98 Å². The van der Waals surface area contributed by atoms with Crippen LogP contribution in [0.3, 0.4) is 0 Å². The number of fused-ring (bicyclic) bond motifs is 1. The fraction of sp³-hybridized carbons (Fsp3) is 0.261. The number of aryl methyl sites for hydroxylation is 1. The third kappa shape index (κ3) is 4.23. The van der Waals surface area contributed by atoms with Crippen molar-refractivity contribution < 1.29 is 18.3 Å². The molecule has 1 aliphatic heterocycles. The third-order valence-corrected chi connectivity index (χ3v) is 5.77. The highest BCUT2D eigenvalue weighted by atomic mass is 35.5. The van der Waals surface area contributed by atoms with Gasteiger partial charge in [0.1, 0.15) is 24.1 Å². The molecule has 1 amide bonds. The standard InChI is InChI=1S/C23H20ClF2N3O3/c1-13-27-22(32-12-17-3-5-18(25)10-20(17)26)21(24)23(31)29(13)19-6-4-16-11-28(14(2)30)8-7-15(16)9-19/h3-6,9-10H,7-8,11-12H2,1-2H3. The van der Waals surface area contributed by atoms with Crippen LogP contribution in [0.15, 0.2) is 41.2 Å². The predicted molar refractivity (Wildman–Crippen MR) is 115 cm³/mol. The molecule has 3 aromatic rings. The average molecular weight is 460 g/mol. The largest absolute Gasteiger partial charge is 0.471 e. The summed E-state index contributed by atoms with van der Waals surface area (Å²) in [5, 5.41) is -0.237. The zero-order valence-corrected chi connectivity index (χ0v) is 18.2. The predicted octanol–water partition coefficient (Wildman–Crippen LogP) is 3.96. The van der Waals surface area contributed by atoms with Crippen LogP contribution in [0.2, 0.25) is 5.02 Å². The van der Waals surface area contributed by atoms with Crippen molar-refractivity contribution in [2.24, 2.45) is 0 Å². The van der Waals surface area contributed by atoms with E-state index in [1.54, 1.807) is 24.8 Å². The normalized spacial score (nSPS) is 13.1. The van der Waals surface area contributed by atoms with E-state index in [1.165, 1.54) is 10.6 Å². The van der Waals surface area contributed by atoms with E-state index >= 15 is 0 Å². The van der Waals surface area contributed by atoms with Crippen LogP contribution in [0.25, 0.3) is 5.69 Å². The minimum Gasteiger partial charge on any atom is -0.471 e. The van der Waals surface area contributed by atoms with Crippen LogP contribution >= 0.6 is 11.6 Å². The number of ether oxygens (including phenoxy) is 1. The van der Waals surface area contributed by atoms with E-state index < -0.39 is 17.2 Å². The van der Waals surface area contributed by atoms with E-state index in [2.05, 4.69) is 4.98 Å². The van der Waals surface area contributed by atoms with Crippen molar-refractivity contribution in [1.82, 2.24) is 14.5 Å². The van der Waals surface area contributed by atoms with Gasteiger partial charge in [-0.15, -0.1) is 0 Å². The van der Waals surface area contributed by atoms with Crippen molar-refractivity contribution in [3.63, 3.8) is 0 Å². The molecule has 0 N–H and O–H groups in total. The van der Waals surface area contributed by atoms with Crippen molar-refractivity contribution >= 4 is 17.5 Å². The zero-order chi connectivity index (χ0) is 23.0. The molecule has 0 aliphatic carbocycles. The molecule has 0 saturated heterocycles. The minimum atomic E-state index is -0.761. The second-order valence-electron chi connectivity index (χ2n) is 7.59. The van der Waals surface area contributed by atoms with Gasteiger partial charge < -0.3 is 9.64 Å². The molecule has 6 nitrogen and oxygen atoms in total. The number of benzene rings is 2. The van der Waals surface area contributed by atoms with Crippen LogP contribution in [-0.2, 0) is 24.4 Å². The Morgan fingerprint density at radius 3 is 2.69 bits per heavy atom. The molecule has 1 aromatic heterocycles. The van der Waals surface area contributed by atoms with E-state index in [9.17, 15) is 18.4 Å². The smallest absolute Gasteiger partial charge is 0.280 e. The third-order valence-electron chi connectivity index (χ3n) is 5.45. The fourth-order valence-corrected chi connectivity index (χ4v) is 3.90. The van der Waals surface area contributed by atoms with Gasteiger partial charge in [0.2, 0.25) is 11.8 Å². The molecule has 4 rings (SSSR count). The van der Waals surface area contributed by atoms with E-state index in [4.69, 9.17) is 16.3 Å². The van der Waals surface area contributed by atoms with Gasteiger partial charge in [-0.05, 0) is 48.7 Å². The van der Waals surface area contributed by atoms with Crippen LogP contribution in [-0.4, -0.2) is 26.9 Å². The number of halogens is 3. The zero-order valence-electron chi connectivity index (χ0n) is 17.5. The van der Waals surface area contributed by atoms with Gasteiger partial charge in [0.05, 0.1) is 5.69 Å². The molecule has 9 heteroatoms. The van der Waals surface area contributed by atoms with Gasteiger partial charge in [0.15, 0.2) is 5.02 Å². The highest BCUT2D eigenvalue weighted by Gasteiger charge is 2.21. The topological polar surface area (TPSA) is 64.4 Å². The van der Waals surface area contributed by atoms with E-state index in [0.29, 0.717) is 31.0 Å². The van der Waals surface area contributed by atoms with Crippen molar-refractivity contribution in [3.05, 3.63) is 85.9 Å². The first kappa shape index (κ1) is 22.0. The monoisotopic (exact) mass is 459 g/mol. The van der Waals surface area contributed by atoms with Gasteiger partial charge in [-0.1, -0.05) is 17.7 Å². The Morgan fingerprint density at radius 1 is 1.19 bits per heavy atom. The Balaban J connectivity index is 1.62. The van der Waals surface area contributed by atoms with Gasteiger partial charge in [0.25, 0.3) is 5.56 Å². The van der Waals surface area contributed by atoms with E-state index in [-0.39, 0.29) is 29.0 Å². The molecule has 0 spiro atoms. The van der Waals surface area contributed by atoms with Crippen LogP contribution in [0, 0.1) is 18.6 Å². The Morgan fingerprint density at radius 2 is 1.97 bits per heavy atom. The highest BCUT2D eigenvalue weighted by Crippen LogP contribution is 2.25. The number of amides is 1. The highest BCUT2D eigenvalue weighted by molar-refractivity contribution is 6.31. The molecule has 32 heavy (non-hydrogen) atoms.